The van der Waals surface area contributed by atoms with Crippen LogP contribution in [-0.2, 0) is 19.4 Å². The highest BCUT2D eigenvalue weighted by Crippen LogP contribution is 2.27. The number of rotatable bonds is 9. The number of benzene rings is 1. The largest absolute Gasteiger partial charge is 0.378 e. The van der Waals surface area contributed by atoms with E-state index in [0.717, 1.165) is 12.3 Å². The first-order chi connectivity index (χ1) is 11.2. The summed E-state index contributed by atoms with van der Waals surface area (Å²) < 4.78 is 28.1. The van der Waals surface area contributed by atoms with E-state index in [1.807, 2.05) is 0 Å². The first-order valence-corrected chi connectivity index (χ1v) is 9.17. The zero-order chi connectivity index (χ0) is 18.3. The third kappa shape index (κ3) is 5.78. The Morgan fingerprint density at radius 1 is 1.38 bits per heavy atom. The number of ether oxygens (including phenoxy) is 1. The van der Waals surface area contributed by atoms with Crippen LogP contribution in [0.5, 0.6) is 0 Å². The SMILES string of the molecule is CCOC(C)C(=O)NCCNc1ccc(S(C)(=O)=O)cc1[N+](=O)[O-]. The summed E-state index contributed by atoms with van der Waals surface area (Å²) in [6.45, 7) is 4.31. The molecule has 134 valence electrons. The number of amides is 1. The van der Waals surface area contributed by atoms with Crippen molar-refractivity contribution in [3.63, 3.8) is 0 Å². The lowest BCUT2D eigenvalue weighted by molar-refractivity contribution is -0.384. The Kier molecular flexibility index (Phi) is 7.11. The first kappa shape index (κ1) is 19.8. The highest BCUT2D eigenvalue weighted by Gasteiger charge is 2.18. The Bertz CT molecular complexity index is 704. The molecule has 1 unspecified atom stereocenters. The maximum atomic E-state index is 11.6. The number of carbonyl (C=O) groups is 1. The molecule has 0 bridgehead atoms. The number of sulfone groups is 1. The van der Waals surface area contributed by atoms with Gasteiger partial charge in [0.2, 0.25) is 5.91 Å². The molecule has 0 aliphatic heterocycles. The standard InChI is InChI=1S/C14H21N3O6S/c1-4-23-10(2)14(18)16-8-7-15-12-6-5-11(24(3,21)22)9-13(12)17(19)20/h5-6,9-10,15H,4,7-8H2,1-3H3,(H,16,18). The predicted octanol–water partition coefficient (Wildman–Crippen LogP) is 0.951. The van der Waals surface area contributed by atoms with Crippen LogP contribution in [0.4, 0.5) is 11.4 Å². The summed E-state index contributed by atoms with van der Waals surface area (Å²) in [5, 5.41) is 16.5. The third-order valence-electron chi connectivity index (χ3n) is 3.12. The number of nitrogens with zero attached hydrogens (tertiary/aromatic N) is 1. The Labute approximate surface area is 140 Å². The van der Waals surface area contributed by atoms with E-state index < -0.39 is 20.9 Å². The molecule has 1 amide bonds. The second kappa shape index (κ2) is 8.60. The van der Waals surface area contributed by atoms with Gasteiger partial charge >= 0.3 is 0 Å². The minimum Gasteiger partial charge on any atom is -0.378 e. The van der Waals surface area contributed by atoms with Crippen LogP contribution in [0.25, 0.3) is 0 Å². The van der Waals surface area contributed by atoms with Gasteiger partial charge in [0.25, 0.3) is 5.69 Å². The molecular weight excluding hydrogens is 338 g/mol. The molecule has 0 aromatic heterocycles. The molecule has 9 nitrogen and oxygen atoms in total. The first-order valence-electron chi connectivity index (χ1n) is 7.28. The van der Waals surface area contributed by atoms with Crippen LogP contribution < -0.4 is 10.6 Å². The average molecular weight is 359 g/mol. The quantitative estimate of drug-likeness (QED) is 0.382. The normalized spacial score (nSPS) is 12.5. The van der Waals surface area contributed by atoms with Crippen molar-refractivity contribution in [2.75, 3.05) is 31.3 Å². The molecule has 0 spiro atoms. The van der Waals surface area contributed by atoms with Gasteiger partial charge in [0.1, 0.15) is 11.8 Å². The second-order valence-corrected chi connectivity index (χ2v) is 7.04. The molecule has 10 heteroatoms. The summed E-state index contributed by atoms with van der Waals surface area (Å²) in [5.74, 6) is -0.277. The number of anilines is 1. The molecule has 0 radical (unpaired) electrons. The zero-order valence-electron chi connectivity index (χ0n) is 13.7. The van der Waals surface area contributed by atoms with Crippen LogP contribution in [0, 0.1) is 10.1 Å². The van der Waals surface area contributed by atoms with E-state index in [4.69, 9.17) is 4.74 Å². The van der Waals surface area contributed by atoms with Gasteiger partial charge in [-0.05, 0) is 26.0 Å². The van der Waals surface area contributed by atoms with Gasteiger partial charge in [-0.15, -0.1) is 0 Å². The van der Waals surface area contributed by atoms with E-state index in [1.54, 1.807) is 13.8 Å². The number of hydrogen-bond acceptors (Lipinski definition) is 7. The minimum atomic E-state index is -3.53. The fraction of sp³-hybridized carbons (Fsp3) is 0.500. The van der Waals surface area contributed by atoms with Crippen molar-refractivity contribution in [2.45, 2.75) is 24.8 Å². The molecule has 0 saturated heterocycles. The van der Waals surface area contributed by atoms with E-state index in [0.29, 0.717) is 6.61 Å². The van der Waals surface area contributed by atoms with E-state index >= 15 is 0 Å². The lowest BCUT2D eigenvalue weighted by atomic mass is 10.2. The Morgan fingerprint density at radius 2 is 2.04 bits per heavy atom. The number of carbonyl (C=O) groups excluding carboxylic acids is 1. The predicted molar refractivity (Wildman–Crippen MR) is 88.8 cm³/mol. The summed E-state index contributed by atoms with van der Waals surface area (Å²) >= 11 is 0. The van der Waals surface area contributed by atoms with Gasteiger partial charge < -0.3 is 15.4 Å². The molecule has 1 atom stereocenters. The molecule has 24 heavy (non-hydrogen) atoms. The second-order valence-electron chi connectivity index (χ2n) is 5.02. The Balaban J connectivity index is 2.68. The van der Waals surface area contributed by atoms with Crippen molar-refractivity contribution in [3.05, 3.63) is 28.3 Å². The van der Waals surface area contributed by atoms with Crippen LogP contribution in [0.15, 0.2) is 23.1 Å². The summed E-state index contributed by atoms with van der Waals surface area (Å²) in [7, 11) is -3.53. The molecule has 0 saturated carbocycles. The smallest absolute Gasteiger partial charge is 0.293 e. The maximum Gasteiger partial charge on any atom is 0.293 e. The molecule has 0 aliphatic rings. The van der Waals surface area contributed by atoms with Crippen LogP contribution >= 0.6 is 0 Å². The summed E-state index contributed by atoms with van der Waals surface area (Å²) in [6.07, 6.45) is 0.409. The fourth-order valence-corrected chi connectivity index (χ4v) is 2.54. The third-order valence-corrected chi connectivity index (χ3v) is 4.23. The van der Waals surface area contributed by atoms with Gasteiger partial charge in [-0.3, -0.25) is 14.9 Å². The minimum absolute atomic E-state index is 0.126. The van der Waals surface area contributed by atoms with Gasteiger partial charge in [-0.25, -0.2) is 8.42 Å². The molecular formula is C14H21N3O6S. The average Bonchev–Trinajstić information content (AvgIpc) is 2.50. The van der Waals surface area contributed by atoms with E-state index in [-0.39, 0.29) is 35.3 Å². The van der Waals surface area contributed by atoms with E-state index in [1.165, 1.54) is 12.1 Å². The van der Waals surface area contributed by atoms with Gasteiger partial charge in [-0.1, -0.05) is 0 Å². The zero-order valence-corrected chi connectivity index (χ0v) is 14.6. The van der Waals surface area contributed by atoms with Crippen molar-refractivity contribution in [3.8, 4) is 0 Å². The van der Waals surface area contributed by atoms with Gasteiger partial charge in [-0.2, -0.15) is 0 Å². The Morgan fingerprint density at radius 3 is 2.58 bits per heavy atom. The summed E-state index contributed by atoms with van der Waals surface area (Å²) in [5.41, 5.74) is -0.161. The molecule has 2 N–H and O–H groups in total. The topological polar surface area (TPSA) is 128 Å². The van der Waals surface area contributed by atoms with Crippen molar-refractivity contribution < 1.29 is 22.9 Å². The molecule has 1 aromatic rings. The number of hydrogen-bond donors (Lipinski definition) is 2. The van der Waals surface area contributed by atoms with Gasteiger partial charge in [0, 0.05) is 32.0 Å². The van der Waals surface area contributed by atoms with Crippen LogP contribution in [0.3, 0.4) is 0 Å². The molecule has 0 fully saturated rings. The van der Waals surface area contributed by atoms with E-state index in [9.17, 15) is 23.3 Å². The lowest BCUT2D eigenvalue weighted by Gasteiger charge is -2.13. The number of nitrogens with one attached hydrogen (secondary N) is 2. The number of nitro benzene ring substituents is 1. The molecule has 0 heterocycles. The maximum absolute atomic E-state index is 11.6. The number of nitro groups is 1. The van der Waals surface area contributed by atoms with E-state index in [2.05, 4.69) is 10.6 Å². The molecule has 0 aliphatic carbocycles. The van der Waals surface area contributed by atoms with Crippen LogP contribution in [-0.4, -0.2) is 51.3 Å². The lowest BCUT2D eigenvalue weighted by Crippen LogP contribution is -2.37. The summed E-state index contributed by atoms with van der Waals surface area (Å²) in [4.78, 5) is 21.9. The Hall–Kier alpha value is -2.20. The van der Waals surface area contributed by atoms with Gasteiger partial charge in [0.05, 0.1) is 9.82 Å². The van der Waals surface area contributed by atoms with Gasteiger partial charge in [0.15, 0.2) is 9.84 Å². The molecule has 1 rings (SSSR count). The monoisotopic (exact) mass is 359 g/mol. The van der Waals surface area contributed by atoms with Crippen LogP contribution in [0.2, 0.25) is 0 Å². The molecule has 1 aromatic carbocycles. The fourth-order valence-electron chi connectivity index (χ4n) is 1.89. The van der Waals surface area contributed by atoms with Crippen LogP contribution in [0.1, 0.15) is 13.8 Å². The van der Waals surface area contributed by atoms with Crippen molar-refractivity contribution in [2.24, 2.45) is 0 Å². The highest BCUT2D eigenvalue weighted by atomic mass is 32.2. The summed E-state index contributed by atoms with van der Waals surface area (Å²) in [6, 6.07) is 3.63. The van der Waals surface area contributed by atoms with Crippen molar-refractivity contribution >= 4 is 27.1 Å². The van der Waals surface area contributed by atoms with Crippen molar-refractivity contribution in [1.29, 1.82) is 0 Å². The highest BCUT2D eigenvalue weighted by molar-refractivity contribution is 7.90. The van der Waals surface area contributed by atoms with Crippen molar-refractivity contribution in [1.82, 2.24) is 5.32 Å².